The topological polar surface area (TPSA) is 94.2 Å². The molecule has 29 heavy (non-hydrogen) atoms. The van der Waals surface area contributed by atoms with Crippen molar-refractivity contribution in [1.29, 1.82) is 0 Å². The SMILES string of the molecule is CC(C)(C)OC(=O)C[C@H](CCCOCc1ccccc1)c1onc(C=NO)c1I. The van der Waals surface area contributed by atoms with E-state index in [9.17, 15) is 4.79 Å². The molecule has 2 rings (SSSR count). The van der Waals surface area contributed by atoms with Crippen LogP contribution in [0.25, 0.3) is 0 Å². The van der Waals surface area contributed by atoms with Crippen molar-refractivity contribution in [1.82, 2.24) is 5.16 Å². The Bertz CT molecular complexity index is 799. The van der Waals surface area contributed by atoms with Gasteiger partial charge in [0, 0.05) is 12.5 Å². The van der Waals surface area contributed by atoms with Gasteiger partial charge in [-0.05, 0) is 61.8 Å². The molecule has 1 N–H and O–H groups in total. The maximum Gasteiger partial charge on any atom is 0.307 e. The van der Waals surface area contributed by atoms with Gasteiger partial charge in [0.15, 0.2) is 5.76 Å². The van der Waals surface area contributed by atoms with E-state index in [-0.39, 0.29) is 18.3 Å². The molecule has 1 aromatic carbocycles. The molecule has 8 heteroatoms. The molecule has 2 aromatic rings. The van der Waals surface area contributed by atoms with Crippen LogP contribution in [0.5, 0.6) is 0 Å². The summed E-state index contributed by atoms with van der Waals surface area (Å²) in [6.45, 7) is 6.63. The van der Waals surface area contributed by atoms with E-state index in [1.54, 1.807) is 0 Å². The summed E-state index contributed by atoms with van der Waals surface area (Å²) in [5.41, 5.74) is 0.997. The van der Waals surface area contributed by atoms with E-state index >= 15 is 0 Å². The van der Waals surface area contributed by atoms with Crippen LogP contribution < -0.4 is 0 Å². The molecule has 0 aliphatic carbocycles. The molecule has 0 amide bonds. The van der Waals surface area contributed by atoms with E-state index in [1.165, 1.54) is 6.21 Å². The lowest BCUT2D eigenvalue weighted by molar-refractivity contribution is -0.155. The zero-order valence-corrected chi connectivity index (χ0v) is 19.1. The second-order valence-corrected chi connectivity index (χ2v) is 8.74. The highest BCUT2D eigenvalue weighted by Gasteiger charge is 2.27. The van der Waals surface area contributed by atoms with E-state index in [1.807, 2.05) is 51.1 Å². The van der Waals surface area contributed by atoms with E-state index < -0.39 is 5.60 Å². The van der Waals surface area contributed by atoms with Crippen LogP contribution in [-0.4, -0.2) is 34.8 Å². The van der Waals surface area contributed by atoms with E-state index in [0.29, 0.717) is 31.1 Å². The Labute approximate surface area is 184 Å². The third kappa shape index (κ3) is 8.14. The van der Waals surface area contributed by atoms with Crippen molar-refractivity contribution in [2.45, 2.75) is 58.2 Å². The fraction of sp³-hybridized carbons (Fsp3) is 0.476. The zero-order chi connectivity index (χ0) is 21.3. The molecular formula is C21H27IN2O5. The summed E-state index contributed by atoms with van der Waals surface area (Å²) < 4.78 is 17.4. The van der Waals surface area contributed by atoms with E-state index in [0.717, 1.165) is 15.6 Å². The normalized spacial score (nSPS) is 13.0. The van der Waals surface area contributed by atoms with Gasteiger partial charge in [-0.1, -0.05) is 40.6 Å². The molecule has 1 atom stereocenters. The summed E-state index contributed by atoms with van der Waals surface area (Å²) in [4.78, 5) is 12.4. The first-order valence-corrected chi connectivity index (χ1v) is 10.5. The van der Waals surface area contributed by atoms with Crippen LogP contribution in [0.2, 0.25) is 0 Å². The Hall–Kier alpha value is -1.94. The van der Waals surface area contributed by atoms with E-state index in [2.05, 4.69) is 32.9 Å². The minimum atomic E-state index is -0.552. The average molecular weight is 514 g/mol. The van der Waals surface area contributed by atoms with Crippen LogP contribution in [0.15, 0.2) is 40.0 Å². The van der Waals surface area contributed by atoms with Crippen molar-refractivity contribution in [2.75, 3.05) is 6.61 Å². The Balaban J connectivity index is 1.97. The molecule has 0 fully saturated rings. The van der Waals surface area contributed by atoms with Gasteiger partial charge in [0.05, 0.1) is 22.8 Å². The standard InChI is InChI=1S/C21H27IN2O5/c1-21(2,3)28-18(25)12-16(20-19(22)17(13-23-26)24-29-20)10-7-11-27-14-15-8-5-4-6-9-15/h4-6,8-9,13,16,26H,7,10-12,14H2,1-3H3/t16-/m0/s1. The lowest BCUT2D eigenvalue weighted by atomic mass is 9.96. The zero-order valence-electron chi connectivity index (χ0n) is 16.9. The molecule has 0 saturated heterocycles. The molecular weight excluding hydrogens is 487 g/mol. The summed E-state index contributed by atoms with van der Waals surface area (Å²) in [5, 5.41) is 15.7. The van der Waals surface area contributed by atoms with Gasteiger partial charge in [0.25, 0.3) is 0 Å². The van der Waals surface area contributed by atoms with Crippen molar-refractivity contribution in [3.8, 4) is 0 Å². The molecule has 0 bridgehead atoms. The molecule has 7 nitrogen and oxygen atoms in total. The first-order valence-electron chi connectivity index (χ1n) is 9.46. The largest absolute Gasteiger partial charge is 0.460 e. The smallest absolute Gasteiger partial charge is 0.307 e. The number of oxime groups is 1. The Morgan fingerprint density at radius 3 is 2.72 bits per heavy atom. The van der Waals surface area contributed by atoms with Gasteiger partial charge in [-0.2, -0.15) is 0 Å². The lowest BCUT2D eigenvalue weighted by Crippen LogP contribution is -2.25. The minimum Gasteiger partial charge on any atom is -0.460 e. The van der Waals surface area contributed by atoms with Gasteiger partial charge in [0.1, 0.15) is 11.3 Å². The van der Waals surface area contributed by atoms with Crippen molar-refractivity contribution in [2.24, 2.45) is 5.16 Å². The summed E-state index contributed by atoms with van der Waals surface area (Å²) in [5.74, 6) is 0.0946. The number of carbonyl (C=O) groups is 1. The highest BCUT2D eigenvalue weighted by molar-refractivity contribution is 14.1. The Morgan fingerprint density at radius 1 is 1.34 bits per heavy atom. The van der Waals surface area contributed by atoms with Gasteiger partial charge in [-0.3, -0.25) is 4.79 Å². The van der Waals surface area contributed by atoms with Crippen LogP contribution >= 0.6 is 22.6 Å². The highest BCUT2D eigenvalue weighted by Crippen LogP contribution is 2.31. The van der Waals surface area contributed by atoms with Crippen LogP contribution in [0, 0.1) is 3.57 Å². The molecule has 1 heterocycles. The lowest BCUT2D eigenvalue weighted by Gasteiger charge is -2.21. The Morgan fingerprint density at radius 2 is 2.07 bits per heavy atom. The first-order chi connectivity index (χ1) is 13.8. The predicted octanol–water partition coefficient (Wildman–Crippen LogP) is 4.90. The fourth-order valence-electron chi connectivity index (χ4n) is 2.80. The number of benzene rings is 1. The first kappa shape index (κ1) is 23.3. The van der Waals surface area contributed by atoms with Crippen LogP contribution in [-0.2, 0) is 20.9 Å². The summed E-state index contributed by atoms with van der Waals surface area (Å²) in [6.07, 6.45) is 2.81. The van der Waals surface area contributed by atoms with Crippen molar-refractivity contribution < 1.29 is 24.0 Å². The van der Waals surface area contributed by atoms with Crippen molar-refractivity contribution >= 4 is 34.8 Å². The number of hydrogen-bond acceptors (Lipinski definition) is 7. The minimum absolute atomic E-state index is 0.177. The Kier molecular flexibility index (Phi) is 9.09. The maximum atomic E-state index is 12.4. The fourth-order valence-corrected chi connectivity index (χ4v) is 3.58. The number of hydrogen-bond donors (Lipinski definition) is 1. The quantitative estimate of drug-likeness (QED) is 0.121. The van der Waals surface area contributed by atoms with Gasteiger partial charge in [-0.15, -0.1) is 0 Å². The van der Waals surface area contributed by atoms with Gasteiger partial charge >= 0.3 is 5.97 Å². The second-order valence-electron chi connectivity index (χ2n) is 7.66. The van der Waals surface area contributed by atoms with Crippen molar-refractivity contribution in [3.05, 3.63) is 50.9 Å². The molecule has 158 valence electrons. The third-order valence-electron chi connectivity index (χ3n) is 4.02. The van der Waals surface area contributed by atoms with E-state index in [4.69, 9.17) is 19.2 Å². The number of esters is 1. The number of aromatic nitrogens is 1. The monoisotopic (exact) mass is 514 g/mol. The summed E-state index contributed by atoms with van der Waals surface area (Å²) in [6, 6.07) is 9.97. The third-order valence-corrected chi connectivity index (χ3v) is 5.10. The number of nitrogens with zero attached hydrogens (tertiary/aromatic N) is 2. The van der Waals surface area contributed by atoms with Crippen molar-refractivity contribution in [3.63, 3.8) is 0 Å². The summed E-state index contributed by atoms with van der Waals surface area (Å²) in [7, 11) is 0. The molecule has 0 spiro atoms. The maximum absolute atomic E-state index is 12.4. The van der Waals surface area contributed by atoms with Gasteiger partial charge in [0.2, 0.25) is 0 Å². The predicted molar refractivity (Wildman–Crippen MR) is 117 cm³/mol. The van der Waals surface area contributed by atoms with Gasteiger partial charge < -0.3 is 19.2 Å². The van der Waals surface area contributed by atoms with Crippen LogP contribution in [0.1, 0.15) is 63.0 Å². The average Bonchev–Trinajstić information content (AvgIpc) is 3.01. The molecule has 0 aliphatic rings. The number of halogens is 1. The molecule has 0 unspecified atom stereocenters. The molecule has 1 aromatic heterocycles. The van der Waals surface area contributed by atoms with Crippen LogP contribution in [0.4, 0.5) is 0 Å². The molecule has 0 saturated carbocycles. The molecule has 0 aliphatic heterocycles. The molecule has 0 radical (unpaired) electrons. The number of carbonyl (C=O) groups excluding carboxylic acids is 1. The van der Waals surface area contributed by atoms with Crippen LogP contribution in [0.3, 0.4) is 0 Å². The number of rotatable bonds is 10. The van der Waals surface area contributed by atoms with Gasteiger partial charge in [-0.25, -0.2) is 0 Å². The highest BCUT2D eigenvalue weighted by atomic mass is 127. The summed E-state index contributed by atoms with van der Waals surface area (Å²) >= 11 is 2.08. The number of ether oxygens (including phenoxy) is 2. The second kappa shape index (κ2) is 11.3.